The van der Waals surface area contributed by atoms with E-state index in [4.69, 9.17) is 5.73 Å². The molecule has 21 heavy (non-hydrogen) atoms. The van der Waals surface area contributed by atoms with Gasteiger partial charge < -0.3 is 16.0 Å². The van der Waals surface area contributed by atoms with E-state index in [1.807, 2.05) is 43.3 Å². The van der Waals surface area contributed by atoms with Crippen molar-refractivity contribution in [2.24, 2.45) is 0 Å². The largest absolute Gasteiger partial charge is 0.397 e. The fourth-order valence-electron chi connectivity index (χ4n) is 1.88. The Morgan fingerprint density at radius 3 is 2.48 bits per heavy atom. The summed E-state index contributed by atoms with van der Waals surface area (Å²) in [4.78, 5) is 18.0. The summed E-state index contributed by atoms with van der Waals surface area (Å²) in [5.41, 5.74) is 9.07. The Balaban J connectivity index is 1.84. The first-order valence-corrected chi connectivity index (χ1v) is 6.78. The van der Waals surface area contributed by atoms with Gasteiger partial charge in [-0.05, 0) is 29.8 Å². The van der Waals surface area contributed by atoms with Crippen LogP contribution >= 0.6 is 0 Å². The Morgan fingerprint density at radius 2 is 1.90 bits per heavy atom. The highest BCUT2D eigenvalue weighted by Crippen LogP contribution is 2.12. The van der Waals surface area contributed by atoms with Gasteiger partial charge in [-0.2, -0.15) is 0 Å². The fraction of sp³-hybridized carbons (Fsp3) is 0.250. The van der Waals surface area contributed by atoms with Crippen molar-refractivity contribution in [2.75, 3.05) is 24.7 Å². The van der Waals surface area contributed by atoms with Gasteiger partial charge in [0.2, 0.25) is 5.91 Å². The van der Waals surface area contributed by atoms with Crippen LogP contribution in [-0.4, -0.2) is 25.0 Å². The first-order valence-electron chi connectivity index (χ1n) is 6.78. The van der Waals surface area contributed by atoms with Crippen LogP contribution in [0.2, 0.25) is 0 Å². The third kappa shape index (κ3) is 4.49. The van der Waals surface area contributed by atoms with E-state index in [0.29, 0.717) is 17.9 Å². The van der Waals surface area contributed by atoms with Crippen LogP contribution in [0.25, 0.3) is 0 Å². The fourth-order valence-corrected chi connectivity index (χ4v) is 1.88. The Labute approximate surface area is 124 Å². The molecular formula is C16H20N4O. The zero-order valence-corrected chi connectivity index (χ0v) is 12.3. The number of hydrogen-bond acceptors (Lipinski definition) is 4. The molecule has 110 valence electrons. The Hall–Kier alpha value is -2.56. The molecule has 0 unspecified atom stereocenters. The number of amides is 1. The zero-order valence-electron chi connectivity index (χ0n) is 12.3. The number of carbonyl (C=O) groups is 1. The monoisotopic (exact) mass is 284 g/mol. The van der Waals surface area contributed by atoms with Crippen molar-refractivity contribution >= 4 is 17.3 Å². The number of aromatic nitrogens is 1. The summed E-state index contributed by atoms with van der Waals surface area (Å²) in [5.74, 6) is -0.0519. The second-order valence-corrected chi connectivity index (χ2v) is 5.10. The molecule has 1 aromatic carbocycles. The summed E-state index contributed by atoms with van der Waals surface area (Å²) < 4.78 is 0. The van der Waals surface area contributed by atoms with Crippen LogP contribution in [0, 0.1) is 0 Å². The number of nitrogen functional groups attached to an aromatic ring is 1. The summed E-state index contributed by atoms with van der Waals surface area (Å²) in [6.45, 7) is 0.515. The highest BCUT2D eigenvalue weighted by Gasteiger charge is 2.04. The summed E-state index contributed by atoms with van der Waals surface area (Å²) in [5, 5.41) is 2.89. The molecule has 0 radical (unpaired) electrons. The van der Waals surface area contributed by atoms with Crippen molar-refractivity contribution in [3.8, 4) is 0 Å². The quantitative estimate of drug-likeness (QED) is 0.874. The van der Waals surface area contributed by atoms with E-state index in [0.717, 1.165) is 11.3 Å². The van der Waals surface area contributed by atoms with Gasteiger partial charge in [0.05, 0.1) is 18.3 Å². The molecule has 0 atom stereocenters. The van der Waals surface area contributed by atoms with Crippen molar-refractivity contribution in [3.63, 3.8) is 0 Å². The molecule has 1 amide bonds. The normalized spacial score (nSPS) is 10.2. The number of nitrogens with zero attached hydrogens (tertiary/aromatic N) is 2. The summed E-state index contributed by atoms with van der Waals surface area (Å²) in [7, 11) is 3.99. The highest BCUT2D eigenvalue weighted by atomic mass is 16.1. The van der Waals surface area contributed by atoms with Crippen LogP contribution in [0.4, 0.5) is 11.4 Å². The summed E-state index contributed by atoms with van der Waals surface area (Å²) in [6.07, 6.45) is 1.82. The number of carbonyl (C=O) groups excluding carboxylic acids is 1. The second-order valence-electron chi connectivity index (χ2n) is 5.10. The summed E-state index contributed by atoms with van der Waals surface area (Å²) >= 11 is 0. The highest BCUT2D eigenvalue weighted by molar-refractivity contribution is 5.78. The van der Waals surface area contributed by atoms with Crippen molar-refractivity contribution < 1.29 is 4.79 Å². The number of benzene rings is 1. The van der Waals surface area contributed by atoms with Crippen molar-refractivity contribution in [3.05, 3.63) is 53.9 Å². The minimum absolute atomic E-state index is 0.0519. The van der Waals surface area contributed by atoms with Crippen molar-refractivity contribution in [1.29, 1.82) is 0 Å². The molecule has 5 heteroatoms. The number of anilines is 2. The molecule has 0 aliphatic rings. The number of nitrogens with two attached hydrogens (primary N) is 1. The average molecular weight is 284 g/mol. The van der Waals surface area contributed by atoms with Gasteiger partial charge in [-0.25, -0.2) is 0 Å². The Bertz CT molecular complexity index is 591. The third-order valence-electron chi connectivity index (χ3n) is 3.13. The molecule has 2 aromatic rings. The molecule has 2 rings (SSSR count). The molecule has 1 aromatic heterocycles. The molecule has 0 bridgehead atoms. The first kappa shape index (κ1) is 14.8. The molecule has 0 saturated carbocycles. The molecule has 5 nitrogen and oxygen atoms in total. The van der Waals surface area contributed by atoms with E-state index in [2.05, 4.69) is 10.3 Å². The SMILES string of the molecule is CN(C)c1ccc(CNC(=O)Cc2ccc(N)cn2)cc1. The number of rotatable bonds is 5. The van der Waals surface area contributed by atoms with Gasteiger partial charge in [-0.1, -0.05) is 12.1 Å². The zero-order chi connectivity index (χ0) is 15.2. The lowest BCUT2D eigenvalue weighted by atomic mass is 10.2. The van der Waals surface area contributed by atoms with Gasteiger partial charge in [0, 0.05) is 32.0 Å². The van der Waals surface area contributed by atoms with Gasteiger partial charge in [-0.3, -0.25) is 9.78 Å². The predicted octanol–water partition coefficient (Wildman–Crippen LogP) is 1.59. The van der Waals surface area contributed by atoms with E-state index in [9.17, 15) is 4.79 Å². The van der Waals surface area contributed by atoms with Gasteiger partial charge in [0.1, 0.15) is 0 Å². The maximum Gasteiger partial charge on any atom is 0.226 e. The number of nitrogens with one attached hydrogen (secondary N) is 1. The van der Waals surface area contributed by atoms with E-state index in [-0.39, 0.29) is 12.3 Å². The molecule has 0 saturated heterocycles. The van der Waals surface area contributed by atoms with Gasteiger partial charge in [0.15, 0.2) is 0 Å². The molecular weight excluding hydrogens is 264 g/mol. The lowest BCUT2D eigenvalue weighted by molar-refractivity contribution is -0.120. The lowest BCUT2D eigenvalue weighted by Gasteiger charge is -2.13. The van der Waals surface area contributed by atoms with Crippen molar-refractivity contribution in [1.82, 2.24) is 10.3 Å². The van der Waals surface area contributed by atoms with Crippen molar-refractivity contribution in [2.45, 2.75) is 13.0 Å². The maximum atomic E-state index is 11.9. The van der Waals surface area contributed by atoms with Crippen LogP contribution in [-0.2, 0) is 17.8 Å². The van der Waals surface area contributed by atoms with E-state index >= 15 is 0 Å². The van der Waals surface area contributed by atoms with E-state index in [1.165, 1.54) is 0 Å². The minimum Gasteiger partial charge on any atom is -0.397 e. The molecule has 3 N–H and O–H groups in total. The van der Waals surface area contributed by atoms with Crippen LogP contribution in [0.3, 0.4) is 0 Å². The Kier molecular flexibility index (Phi) is 4.77. The molecule has 0 fully saturated rings. The van der Waals surface area contributed by atoms with Gasteiger partial charge in [-0.15, -0.1) is 0 Å². The van der Waals surface area contributed by atoms with Crippen LogP contribution < -0.4 is 16.0 Å². The Morgan fingerprint density at radius 1 is 1.19 bits per heavy atom. The third-order valence-corrected chi connectivity index (χ3v) is 3.13. The minimum atomic E-state index is -0.0519. The maximum absolute atomic E-state index is 11.9. The lowest BCUT2D eigenvalue weighted by Crippen LogP contribution is -2.24. The molecule has 0 aliphatic heterocycles. The second kappa shape index (κ2) is 6.74. The molecule has 0 spiro atoms. The summed E-state index contributed by atoms with van der Waals surface area (Å²) in [6, 6.07) is 11.6. The smallest absolute Gasteiger partial charge is 0.226 e. The topological polar surface area (TPSA) is 71.2 Å². The molecule has 0 aliphatic carbocycles. The van der Waals surface area contributed by atoms with Crippen LogP contribution in [0.5, 0.6) is 0 Å². The number of pyridine rings is 1. The predicted molar refractivity (Wildman–Crippen MR) is 85.0 cm³/mol. The van der Waals surface area contributed by atoms with Crippen LogP contribution in [0.1, 0.15) is 11.3 Å². The van der Waals surface area contributed by atoms with Gasteiger partial charge >= 0.3 is 0 Å². The van der Waals surface area contributed by atoms with Gasteiger partial charge in [0.25, 0.3) is 0 Å². The standard InChI is InChI=1S/C16H20N4O/c1-20(2)15-7-3-12(4-8-15)10-19-16(21)9-14-6-5-13(17)11-18-14/h3-8,11H,9-10,17H2,1-2H3,(H,19,21). The van der Waals surface area contributed by atoms with Crippen LogP contribution in [0.15, 0.2) is 42.6 Å². The molecule has 1 heterocycles. The van der Waals surface area contributed by atoms with E-state index in [1.54, 1.807) is 18.3 Å². The first-order chi connectivity index (χ1) is 10.0. The van der Waals surface area contributed by atoms with E-state index < -0.39 is 0 Å². The number of hydrogen-bond donors (Lipinski definition) is 2. The average Bonchev–Trinajstić information content (AvgIpc) is 2.48.